The second-order valence-electron chi connectivity index (χ2n) is 5.51. The van der Waals surface area contributed by atoms with Gasteiger partial charge in [-0.25, -0.2) is 9.97 Å². The van der Waals surface area contributed by atoms with Crippen molar-refractivity contribution in [1.29, 1.82) is 5.26 Å². The predicted molar refractivity (Wildman–Crippen MR) is 97.7 cm³/mol. The van der Waals surface area contributed by atoms with E-state index in [1.165, 1.54) is 11.5 Å². The number of rotatable bonds is 2. The number of pyridine rings is 1. The molecule has 2 N–H and O–H groups in total. The first-order valence-electron chi connectivity index (χ1n) is 7.52. The Kier molecular flexibility index (Phi) is 3.60. The van der Waals surface area contributed by atoms with Gasteiger partial charge in [-0.3, -0.25) is 4.98 Å². The molecule has 3 aromatic heterocycles. The summed E-state index contributed by atoms with van der Waals surface area (Å²) < 4.78 is 4.31. The molecule has 0 saturated carbocycles. The number of aromatic nitrogens is 4. The SMILES string of the molecule is Cc1cc(-c2nc(N)c(C#N)nc2-c2ccc3ncccc3c2)sn1. The monoisotopic (exact) mass is 344 g/mol. The zero-order chi connectivity index (χ0) is 17.4. The van der Waals surface area contributed by atoms with Crippen molar-refractivity contribution in [3.05, 3.63) is 54.0 Å². The Labute approximate surface area is 147 Å². The Morgan fingerprint density at radius 2 is 2.00 bits per heavy atom. The molecule has 0 bridgehead atoms. The molecule has 0 atom stereocenters. The zero-order valence-electron chi connectivity index (χ0n) is 13.3. The highest BCUT2D eigenvalue weighted by Crippen LogP contribution is 2.34. The van der Waals surface area contributed by atoms with Crippen LogP contribution >= 0.6 is 11.5 Å². The summed E-state index contributed by atoms with van der Waals surface area (Å²) >= 11 is 1.33. The molecule has 4 aromatic rings. The number of benzene rings is 1. The van der Waals surface area contributed by atoms with Gasteiger partial charge in [0.1, 0.15) is 11.8 Å². The number of aryl methyl sites for hydroxylation is 1. The molecule has 6 nitrogen and oxygen atoms in total. The molecular weight excluding hydrogens is 332 g/mol. The summed E-state index contributed by atoms with van der Waals surface area (Å²) in [5.41, 5.74) is 9.90. The maximum atomic E-state index is 9.27. The van der Waals surface area contributed by atoms with Crippen molar-refractivity contribution in [3.63, 3.8) is 0 Å². The number of nitrogens with two attached hydrogens (primary N) is 1. The lowest BCUT2D eigenvalue weighted by atomic mass is 10.1. The van der Waals surface area contributed by atoms with Crippen molar-refractivity contribution in [2.75, 3.05) is 5.73 Å². The molecule has 4 rings (SSSR count). The molecule has 0 aliphatic rings. The van der Waals surface area contributed by atoms with E-state index < -0.39 is 0 Å². The lowest BCUT2D eigenvalue weighted by molar-refractivity contribution is 1.19. The quantitative estimate of drug-likeness (QED) is 0.596. The summed E-state index contributed by atoms with van der Waals surface area (Å²) in [4.78, 5) is 14.1. The Bertz CT molecular complexity index is 1140. The van der Waals surface area contributed by atoms with Crippen LogP contribution in [0.1, 0.15) is 11.4 Å². The van der Waals surface area contributed by atoms with Gasteiger partial charge in [0.2, 0.25) is 0 Å². The number of hydrogen-bond acceptors (Lipinski definition) is 7. The van der Waals surface area contributed by atoms with Crippen LogP contribution in [-0.4, -0.2) is 19.3 Å². The van der Waals surface area contributed by atoms with Crippen LogP contribution in [0.3, 0.4) is 0 Å². The minimum Gasteiger partial charge on any atom is -0.381 e. The van der Waals surface area contributed by atoms with E-state index >= 15 is 0 Å². The Balaban J connectivity index is 1.99. The molecule has 0 unspecified atom stereocenters. The van der Waals surface area contributed by atoms with Gasteiger partial charge < -0.3 is 5.73 Å². The summed E-state index contributed by atoms with van der Waals surface area (Å²) in [5, 5.41) is 10.3. The highest BCUT2D eigenvalue weighted by Gasteiger charge is 2.17. The van der Waals surface area contributed by atoms with Crippen LogP contribution in [0.15, 0.2) is 42.6 Å². The summed E-state index contributed by atoms with van der Waals surface area (Å²) in [6, 6.07) is 13.6. The lowest BCUT2D eigenvalue weighted by Gasteiger charge is -2.09. The minimum atomic E-state index is 0.117. The van der Waals surface area contributed by atoms with Crippen molar-refractivity contribution in [1.82, 2.24) is 19.3 Å². The first-order valence-corrected chi connectivity index (χ1v) is 8.29. The van der Waals surface area contributed by atoms with Crippen LogP contribution in [0.4, 0.5) is 5.82 Å². The average Bonchev–Trinajstić information content (AvgIpc) is 3.07. The largest absolute Gasteiger partial charge is 0.381 e. The molecule has 3 heterocycles. The number of nitrogen functional groups attached to an aromatic ring is 1. The van der Waals surface area contributed by atoms with Gasteiger partial charge in [0.15, 0.2) is 11.5 Å². The molecule has 0 aliphatic heterocycles. The van der Waals surface area contributed by atoms with Gasteiger partial charge in [0.25, 0.3) is 0 Å². The van der Waals surface area contributed by atoms with Gasteiger partial charge in [0.05, 0.1) is 21.8 Å². The molecule has 0 fully saturated rings. The molecule has 0 saturated heterocycles. The number of nitrogens with zero attached hydrogens (tertiary/aromatic N) is 5. The number of hydrogen-bond donors (Lipinski definition) is 1. The normalized spacial score (nSPS) is 10.7. The predicted octanol–water partition coefficient (Wildman–Crippen LogP) is 3.58. The Morgan fingerprint density at radius 3 is 2.76 bits per heavy atom. The summed E-state index contributed by atoms with van der Waals surface area (Å²) in [6.45, 7) is 1.92. The fraction of sp³-hybridized carbons (Fsp3) is 0.0556. The van der Waals surface area contributed by atoms with E-state index in [9.17, 15) is 5.26 Å². The van der Waals surface area contributed by atoms with E-state index in [2.05, 4.69) is 19.3 Å². The standard InChI is InChI=1S/C18H12N6S/c1-10-7-15(25-24-10)17-16(22-14(9-19)18(20)23-17)12-4-5-13-11(8-12)3-2-6-21-13/h2-8H,1H3,(H2,20,23). The molecule has 25 heavy (non-hydrogen) atoms. The van der Waals surface area contributed by atoms with Gasteiger partial charge in [-0.05, 0) is 42.7 Å². The van der Waals surface area contributed by atoms with Gasteiger partial charge in [0, 0.05) is 17.1 Å². The number of nitriles is 1. The van der Waals surface area contributed by atoms with Gasteiger partial charge in [-0.15, -0.1) is 0 Å². The summed E-state index contributed by atoms with van der Waals surface area (Å²) in [7, 11) is 0. The Hall–Kier alpha value is -3.37. The van der Waals surface area contributed by atoms with E-state index in [4.69, 9.17) is 5.73 Å². The second kappa shape index (κ2) is 5.92. The van der Waals surface area contributed by atoms with Crippen LogP contribution < -0.4 is 5.73 Å². The van der Waals surface area contributed by atoms with Gasteiger partial charge in [-0.2, -0.15) is 9.64 Å². The van der Waals surface area contributed by atoms with E-state index in [-0.39, 0.29) is 11.5 Å². The number of anilines is 1. The fourth-order valence-corrected chi connectivity index (χ4v) is 3.35. The highest BCUT2D eigenvalue weighted by molar-refractivity contribution is 7.09. The smallest absolute Gasteiger partial charge is 0.183 e. The highest BCUT2D eigenvalue weighted by atomic mass is 32.1. The second-order valence-corrected chi connectivity index (χ2v) is 6.31. The first-order chi connectivity index (χ1) is 12.2. The van der Waals surface area contributed by atoms with Crippen molar-refractivity contribution >= 4 is 28.3 Å². The molecular formula is C18H12N6S. The van der Waals surface area contributed by atoms with E-state index in [1.807, 2.05) is 49.4 Å². The van der Waals surface area contributed by atoms with Crippen LogP contribution in [0.2, 0.25) is 0 Å². The molecule has 1 aromatic carbocycles. The van der Waals surface area contributed by atoms with E-state index in [1.54, 1.807) is 6.20 Å². The molecule has 0 spiro atoms. The van der Waals surface area contributed by atoms with Crippen molar-refractivity contribution < 1.29 is 0 Å². The van der Waals surface area contributed by atoms with Crippen molar-refractivity contribution in [2.45, 2.75) is 6.92 Å². The van der Waals surface area contributed by atoms with Crippen LogP contribution in [-0.2, 0) is 0 Å². The fourth-order valence-electron chi connectivity index (χ4n) is 2.60. The van der Waals surface area contributed by atoms with Crippen LogP contribution in [0, 0.1) is 18.3 Å². The average molecular weight is 344 g/mol. The van der Waals surface area contributed by atoms with Crippen LogP contribution in [0.5, 0.6) is 0 Å². The molecule has 120 valence electrons. The van der Waals surface area contributed by atoms with Gasteiger partial charge >= 0.3 is 0 Å². The van der Waals surface area contributed by atoms with E-state index in [0.717, 1.165) is 27.0 Å². The third-order valence-electron chi connectivity index (χ3n) is 3.77. The summed E-state index contributed by atoms with van der Waals surface area (Å²) in [5.74, 6) is 0.120. The van der Waals surface area contributed by atoms with Gasteiger partial charge in [-0.1, -0.05) is 12.1 Å². The maximum Gasteiger partial charge on any atom is 0.183 e. The Morgan fingerprint density at radius 1 is 1.12 bits per heavy atom. The molecule has 0 aliphatic carbocycles. The van der Waals surface area contributed by atoms with Crippen molar-refractivity contribution in [3.8, 4) is 27.9 Å². The topological polar surface area (TPSA) is 101 Å². The van der Waals surface area contributed by atoms with Crippen LogP contribution in [0.25, 0.3) is 32.7 Å². The third-order valence-corrected chi connectivity index (χ3v) is 4.65. The summed E-state index contributed by atoms with van der Waals surface area (Å²) in [6.07, 6.45) is 1.75. The zero-order valence-corrected chi connectivity index (χ0v) is 14.1. The lowest BCUT2D eigenvalue weighted by Crippen LogP contribution is -2.02. The van der Waals surface area contributed by atoms with E-state index in [0.29, 0.717) is 11.4 Å². The molecule has 0 radical (unpaired) electrons. The minimum absolute atomic E-state index is 0.117. The molecule has 7 heteroatoms. The third kappa shape index (κ3) is 2.69. The van der Waals surface area contributed by atoms with Crippen molar-refractivity contribution in [2.24, 2.45) is 0 Å². The maximum absolute atomic E-state index is 9.27. The molecule has 0 amide bonds. The first kappa shape index (κ1) is 15.2. The number of fused-ring (bicyclic) bond motifs is 1.